The van der Waals surface area contributed by atoms with E-state index in [4.69, 9.17) is 21.7 Å². The molecule has 0 spiro atoms. The van der Waals surface area contributed by atoms with E-state index in [1.165, 1.54) is 11.1 Å². The lowest BCUT2D eigenvalue weighted by molar-refractivity contribution is 0.340. The zero-order valence-electron chi connectivity index (χ0n) is 16.8. The molecule has 0 aliphatic rings. The van der Waals surface area contributed by atoms with Crippen LogP contribution < -0.4 is 14.8 Å². The SMILES string of the molecule is CCOc1ccc(CN(Cc2ccccc2)C(=S)Nc2cccc(OC)c2)cc1. The molecule has 3 rings (SSSR count). The first-order valence-electron chi connectivity index (χ1n) is 9.63. The summed E-state index contributed by atoms with van der Waals surface area (Å²) in [6.45, 7) is 4.05. The van der Waals surface area contributed by atoms with Gasteiger partial charge in [0.15, 0.2) is 5.11 Å². The number of benzene rings is 3. The predicted molar refractivity (Wildman–Crippen MR) is 123 cm³/mol. The molecule has 0 atom stereocenters. The maximum absolute atomic E-state index is 5.75. The molecule has 150 valence electrons. The summed E-state index contributed by atoms with van der Waals surface area (Å²) >= 11 is 5.75. The lowest BCUT2D eigenvalue weighted by atomic mass is 10.1. The van der Waals surface area contributed by atoms with Crippen LogP contribution >= 0.6 is 12.2 Å². The van der Waals surface area contributed by atoms with Gasteiger partial charge in [-0.15, -0.1) is 0 Å². The van der Waals surface area contributed by atoms with Gasteiger partial charge in [0, 0.05) is 24.8 Å². The molecular weight excluding hydrogens is 380 g/mol. The fourth-order valence-corrected chi connectivity index (χ4v) is 3.23. The minimum atomic E-state index is 0.661. The Morgan fingerprint density at radius 3 is 2.21 bits per heavy atom. The smallest absolute Gasteiger partial charge is 0.174 e. The number of nitrogens with zero attached hydrogens (tertiary/aromatic N) is 1. The van der Waals surface area contributed by atoms with Crippen LogP contribution in [0.3, 0.4) is 0 Å². The van der Waals surface area contributed by atoms with Crippen molar-refractivity contribution < 1.29 is 9.47 Å². The van der Waals surface area contributed by atoms with Gasteiger partial charge in [0.05, 0.1) is 13.7 Å². The minimum Gasteiger partial charge on any atom is -0.497 e. The Labute approximate surface area is 178 Å². The molecule has 3 aromatic carbocycles. The maximum atomic E-state index is 5.75. The molecule has 5 heteroatoms. The van der Waals surface area contributed by atoms with Gasteiger partial charge in [-0.1, -0.05) is 48.5 Å². The van der Waals surface area contributed by atoms with Gasteiger partial charge in [0.25, 0.3) is 0 Å². The van der Waals surface area contributed by atoms with Gasteiger partial charge in [0.1, 0.15) is 11.5 Å². The van der Waals surface area contributed by atoms with E-state index in [-0.39, 0.29) is 0 Å². The Balaban J connectivity index is 1.76. The Morgan fingerprint density at radius 2 is 1.55 bits per heavy atom. The Morgan fingerprint density at radius 1 is 0.862 bits per heavy atom. The number of rotatable bonds is 8. The van der Waals surface area contributed by atoms with Gasteiger partial charge in [-0.3, -0.25) is 0 Å². The van der Waals surface area contributed by atoms with Crippen LogP contribution in [0.15, 0.2) is 78.9 Å². The van der Waals surface area contributed by atoms with Gasteiger partial charge in [-0.25, -0.2) is 0 Å². The van der Waals surface area contributed by atoms with Gasteiger partial charge in [0.2, 0.25) is 0 Å². The van der Waals surface area contributed by atoms with E-state index in [1.54, 1.807) is 7.11 Å². The first kappa shape index (κ1) is 20.7. The van der Waals surface area contributed by atoms with Crippen LogP contribution in [0.5, 0.6) is 11.5 Å². The van der Waals surface area contributed by atoms with E-state index in [2.05, 4.69) is 34.5 Å². The summed E-state index contributed by atoms with van der Waals surface area (Å²) < 4.78 is 10.9. The summed E-state index contributed by atoms with van der Waals surface area (Å²) in [6.07, 6.45) is 0. The van der Waals surface area contributed by atoms with Crippen LogP contribution in [0, 0.1) is 0 Å². The summed E-state index contributed by atoms with van der Waals surface area (Å²) in [6, 6.07) is 26.3. The predicted octanol–water partition coefficient (Wildman–Crippen LogP) is 5.49. The topological polar surface area (TPSA) is 33.7 Å². The number of thiocarbonyl (C=S) groups is 1. The van der Waals surface area contributed by atoms with Crippen molar-refractivity contribution in [3.8, 4) is 11.5 Å². The highest BCUT2D eigenvalue weighted by molar-refractivity contribution is 7.80. The van der Waals surface area contributed by atoms with Crippen molar-refractivity contribution in [3.05, 3.63) is 90.0 Å². The minimum absolute atomic E-state index is 0.661. The molecule has 0 fully saturated rings. The average molecular weight is 407 g/mol. The van der Waals surface area contributed by atoms with Crippen molar-refractivity contribution >= 4 is 23.0 Å². The molecule has 3 aromatic rings. The largest absolute Gasteiger partial charge is 0.497 e. The van der Waals surface area contributed by atoms with E-state index in [1.807, 2.05) is 61.5 Å². The molecule has 0 aromatic heterocycles. The fourth-order valence-electron chi connectivity index (χ4n) is 2.98. The molecule has 0 heterocycles. The number of nitrogens with one attached hydrogen (secondary N) is 1. The standard InChI is InChI=1S/C24H26N2O2S/c1-3-28-22-14-12-20(13-15-22)18-26(17-19-8-5-4-6-9-19)24(29)25-21-10-7-11-23(16-21)27-2/h4-16H,3,17-18H2,1-2H3,(H,25,29). The molecule has 1 N–H and O–H groups in total. The lowest BCUT2D eigenvalue weighted by Gasteiger charge is -2.26. The molecule has 0 amide bonds. The van der Waals surface area contributed by atoms with Crippen molar-refractivity contribution in [3.63, 3.8) is 0 Å². The zero-order chi connectivity index (χ0) is 20.5. The highest BCUT2D eigenvalue weighted by atomic mass is 32.1. The number of anilines is 1. The van der Waals surface area contributed by atoms with Gasteiger partial charge >= 0.3 is 0 Å². The molecule has 0 unspecified atom stereocenters. The number of hydrogen-bond acceptors (Lipinski definition) is 3. The summed E-state index contributed by atoms with van der Waals surface area (Å²) in [5.41, 5.74) is 3.27. The van der Waals surface area contributed by atoms with Crippen molar-refractivity contribution in [1.82, 2.24) is 4.90 Å². The normalized spacial score (nSPS) is 10.3. The molecule has 0 saturated heterocycles. The average Bonchev–Trinajstić information content (AvgIpc) is 2.75. The maximum Gasteiger partial charge on any atom is 0.174 e. The second-order valence-electron chi connectivity index (χ2n) is 6.58. The number of ether oxygens (including phenoxy) is 2. The van der Waals surface area contributed by atoms with Crippen LogP contribution in [0.2, 0.25) is 0 Å². The van der Waals surface area contributed by atoms with Crippen LogP contribution in [-0.4, -0.2) is 23.7 Å². The molecule has 0 bridgehead atoms. The van der Waals surface area contributed by atoms with Crippen LogP contribution in [-0.2, 0) is 13.1 Å². The Kier molecular flexibility index (Phi) is 7.47. The molecule has 0 aliphatic carbocycles. The van der Waals surface area contributed by atoms with E-state index in [0.717, 1.165) is 17.2 Å². The van der Waals surface area contributed by atoms with Crippen LogP contribution in [0.1, 0.15) is 18.1 Å². The summed E-state index contributed by atoms with van der Waals surface area (Å²) in [5.74, 6) is 1.67. The first-order chi connectivity index (χ1) is 14.2. The third kappa shape index (κ3) is 6.22. The third-order valence-corrected chi connectivity index (χ3v) is 4.79. The monoisotopic (exact) mass is 406 g/mol. The van der Waals surface area contributed by atoms with Crippen LogP contribution in [0.4, 0.5) is 5.69 Å². The zero-order valence-corrected chi connectivity index (χ0v) is 17.6. The molecular formula is C24H26N2O2S. The number of methoxy groups -OCH3 is 1. The second-order valence-corrected chi connectivity index (χ2v) is 6.97. The Bertz CT molecular complexity index is 914. The van der Waals surface area contributed by atoms with E-state index in [9.17, 15) is 0 Å². The summed E-state index contributed by atoms with van der Waals surface area (Å²) in [5, 5.41) is 4.00. The molecule has 0 radical (unpaired) electrons. The molecule has 29 heavy (non-hydrogen) atoms. The second kappa shape index (κ2) is 10.5. The first-order valence-corrected chi connectivity index (χ1v) is 10.0. The Hall–Kier alpha value is -3.05. The third-order valence-electron chi connectivity index (χ3n) is 4.43. The number of hydrogen-bond donors (Lipinski definition) is 1. The highest BCUT2D eigenvalue weighted by Gasteiger charge is 2.12. The molecule has 0 aliphatic heterocycles. The fraction of sp³-hybridized carbons (Fsp3) is 0.208. The summed E-state index contributed by atoms with van der Waals surface area (Å²) in [4.78, 5) is 2.15. The van der Waals surface area contributed by atoms with Gasteiger partial charge < -0.3 is 19.7 Å². The molecule has 0 saturated carbocycles. The van der Waals surface area contributed by atoms with Crippen LogP contribution in [0.25, 0.3) is 0 Å². The van der Waals surface area contributed by atoms with Crippen molar-refractivity contribution in [1.29, 1.82) is 0 Å². The van der Waals surface area contributed by atoms with E-state index in [0.29, 0.717) is 24.8 Å². The van der Waals surface area contributed by atoms with E-state index < -0.39 is 0 Å². The van der Waals surface area contributed by atoms with Gasteiger partial charge in [-0.05, 0) is 54.5 Å². The van der Waals surface area contributed by atoms with Crippen molar-refractivity contribution in [2.24, 2.45) is 0 Å². The highest BCUT2D eigenvalue weighted by Crippen LogP contribution is 2.19. The summed E-state index contributed by atoms with van der Waals surface area (Å²) in [7, 11) is 1.66. The van der Waals surface area contributed by atoms with Gasteiger partial charge in [-0.2, -0.15) is 0 Å². The quantitative estimate of drug-likeness (QED) is 0.500. The molecule has 4 nitrogen and oxygen atoms in total. The van der Waals surface area contributed by atoms with E-state index >= 15 is 0 Å². The lowest BCUT2D eigenvalue weighted by Crippen LogP contribution is -2.33. The van der Waals surface area contributed by atoms with Crippen molar-refractivity contribution in [2.75, 3.05) is 19.0 Å². The van der Waals surface area contributed by atoms with Crippen molar-refractivity contribution in [2.45, 2.75) is 20.0 Å².